The van der Waals surface area contributed by atoms with E-state index in [0.29, 0.717) is 17.3 Å². The van der Waals surface area contributed by atoms with Crippen molar-refractivity contribution in [2.45, 2.75) is 32.1 Å². The summed E-state index contributed by atoms with van der Waals surface area (Å²) in [6, 6.07) is 4.14. The number of anilines is 1. The predicted molar refractivity (Wildman–Crippen MR) is 100 cm³/mol. The average Bonchev–Trinajstić information content (AvgIpc) is 2.91. The molecule has 150 valence electrons. The zero-order valence-corrected chi connectivity index (χ0v) is 16.7. The number of ether oxygens (including phenoxy) is 1. The summed E-state index contributed by atoms with van der Waals surface area (Å²) in [4.78, 5) is 49.5. The van der Waals surface area contributed by atoms with E-state index in [-0.39, 0.29) is 42.3 Å². The van der Waals surface area contributed by atoms with E-state index in [1.54, 1.807) is 6.07 Å². The van der Waals surface area contributed by atoms with E-state index in [0.717, 1.165) is 17.7 Å². The molecule has 0 radical (unpaired) electrons. The topological polar surface area (TPSA) is 92.8 Å². The molecule has 1 N–H and O–H groups in total. The maximum Gasteiger partial charge on any atom is 0.308 e. The number of likely N-dealkylation sites (tertiary alicyclic amines) is 1. The minimum Gasteiger partial charge on any atom is -0.456 e. The van der Waals surface area contributed by atoms with E-state index in [1.807, 2.05) is 0 Å². The van der Waals surface area contributed by atoms with Crippen LogP contribution in [0.5, 0.6) is 0 Å². The van der Waals surface area contributed by atoms with Crippen molar-refractivity contribution in [3.63, 3.8) is 0 Å². The summed E-state index contributed by atoms with van der Waals surface area (Å²) in [5.41, 5.74) is -0.0277. The highest BCUT2D eigenvalue weighted by atomic mass is 79.9. The molecule has 1 aliphatic heterocycles. The van der Waals surface area contributed by atoms with Crippen molar-refractivity contribution in [3.8, 4) is 0 Å². The Morgan fingerprint density at radius 3 is 2.43 bits per heavy atom. The number of amides is 3. The van der Waals surface area contributed by atoms with Gasteiger partial charge in [0.25, 0.3) is 5.91 Å². The number of fused-ring (bicyclic) bond motifs is 1. The van der Waals surface area contributed by atoms with Gasteiger partial charge in [-0.1, -0.05) is 28.8 Å². The molecule has 9 heteroatoms. The molecule has 0 aromatic heterocycles. The molecule has 28 heavy (non-hydrogen) atoms. The lowest BCUT2D eigenvalue weighted by molar-refractivity contribution is -0.148. The summed E-state index contributed by atoms with van der Waals surface area (Å²) >= 11 is 3.11. The van der Waals surface area contributed by atoms with Crippen molar-refractivity contribution in [1.29, 1.82) is 0 Å². The van der Waals surface area contributed by atoms with Crippen LogP contribution in [-0.4, -0.2) is 41.7 Å². The number of benzene rings is 1. The molecule has 1 aromatic carbocycles. The highest BCUT2D eigenvalue weighted by Crippen LogP contribution is 2.37. The number of nitrogens with one attached hydrogen (secondary N) is 1. The summed E-state index contributed by atoms with van der Waals surface area (Å²) < 4.78 is 19.1. The number of imide groups is 1. The molecule has 1 saturated carbocycles. The number of esters is 1. The summed E-state index contributed by atoms with van der Waals surface area (Å²) in [5.74, 6) is -2.97. The fourth-order valence-electron chi connectivity index (χ4n) is 3.65. The van der Waals surface area contributed by atoms with Gasteiger partial charge in [-0.05, 0) is 31.0 Å². The van der Waals surface area contributed by atoms with Crippen LogP contribution >= 0.6 is 15.9 Å². The summed E-state index contributed by atoms with van der Waals surface area (Å²) in [6.45, 7) is -0.631. The Bertz CT molecular complexity index is 792. The Balaban J connectivity index is 1.44. The van der Waals surface area contributed by atoms with E-state index in [9.17, 15) is 23.6 Å². The first kappa shape index (κ1) is 20.4. The van der Waals surface area contributed by atoms with Crippen LogP contribution in [0.3, 0.4) is 0 Å². The van der Waals surface area contributed by atoms with E-state index in [1.165, 1.54) is 12.1 Å². The smallest absolute Gasteiger partial charge is 0.308 e. The van der Waals surface area contributed by atoms with Crippen LogP contribution in [0.2, 0.25) is 0 Å². The number of rotatable bonds is 6. The summed E-state index contributed by atoms with van der Waals surface area (Å²) in [7, 11) is 0. The first-order valence-electron chi connectivity index (χ1n) is 9.12. The van der Waals surface area contributed by atoms with Gasteiger partial charge in [0, 0.05) is 11.0 Å². The molecule has 2 fully saturated rings. The number of halogens is 2. The van der Waals surface area contributed by atoms with Gasteiger partial charge in [0.15, 0.2) is 6.61 Å². The number of carbonyl (C=O) groups is 4. The van der Waals surface area contributed by atoms with Crippen molar-refractivity contribution in [2.75, 3.05) is 18.5 Å². The second kappa shape index (κ2) is 8.81. The van der Waals surface area contributed by atoms with E-state index in [4.69, 9.17) is 4.74 Å². The third-order valence-corrected chi connectivity index (χ3v) is 5.53. The molecule has 1 aromatic rings. The van der Waals surface area contributed by atoms with Crippen LogP contribution < -0.4 is 5.32 Å². The fourth-order valence-corrected chi connectivity index (χ4v) is 3.98. The Kier molecular flexibility index (Phi) is 6.43. The Morgan fingerprint density at radius 2 is 1.82 bits per heavy atom. The molecule has 0 unspecified atom stereocenters. The Labute approximate surface area is 169 Å². The molecular formula is C19H20BrFN2O5. The minimum atomic E-state index is -0.707. The molecule has 2 atom stereocenters. The SMILES string of the molecule is O=C(COC(=O)CCN1C(=O)[C@@H]2CCCC[C@H]2C1=O)Nc1ccc(Br)cc1F. The van der Waals surface area contributed by atoms with Gasteiger partial charge >= 0.3 is 5.97 Å². The maximum absolute atomic E-state index is 13.7. The van der Waals surface area contributed by atoms with E-state index in [2.05, 4.69) is 21.2 Å². The van der Waals surface area contributed by atoms with Crippen LogP contribution in [0.25, 0.3) is 0 Å². The van der Waals surface area contributed by atoms with Gasteiger partial charge in [0.2, 0.25) is 11.8 Å². The van der Waals surface area contributed by atoms with Gasteiger partial charge in [0.05, 0.1) is 23.9 Å². The fraction of sp³-hybridized carbons (Fsp3) is 0.474. The van der Waals surface area contributed by atoms with Crippen molar-refractivity contribution < 1.29 is 28.3 Å². The van der Waals surface area contributed by atoms with Gasteiger partial charge < -0.3 is 10.1 Å². The largest absolute Gasteiger partial charge is 0.456 e. The zero-order chi connectivity index (χ0) is 20.3. The number of nitrogens with zero attached hydrogens (tertiary/aromatic N) is 1. The van der Waals surface area contributed by atoms with Crippen molar-refractivity contribution in [2.24, 2.45) is 11.8 Å². The van der Waals surface area contributed by atoms with Crippen LogP contribution in [-0.2, 0) is 23.9 Å². The molecule has 1 aliphatic carbocycles. The van der Waals surface area contributed by atoms with Gasteiger partial charge in [-0.2, -0.15) is 0 Å². The predicted octanol–water partition coefficient (Wildman–Crippen LogP) is 2.64. The lowest BCUT2D eigenvalue weighted by Gasteiger charge is -2.19. The quantitative estimate of drug-likeness (QED) is 0.526. The minimum absolute atomic E-state index is 0.0277. The third-order valence-electron chi connectivity index (χ3n) is 5.04. The van der Waals surface area contributed by atoms with Gasteiger partial charge in [-0.15, -0.1) is 0 Å². The van der Waals surface area contributed by atoms with Gasteiger partial charge in [-0.25, -0.2) is 4.39 Å². The first-order chi connectivity index (χ1) is 13.4. The van der Waals surface area contributed by atoms with Crippen LogP contribution in [0.15, 0.2) is 22.7 Å². The summed E-state index contributed by atoms with van der Waals surface area (Å²) in [6.07, 6.45) is 3.11. The highest BCUT2D eigenvalue weighted by Gasteiger charge is 2.47. The van der Waals surface area contributed by atoms with Crippen molar-refractivity contribution >= 4 is 45.3 Å². The van der Waals surface area contributed by atoms with E-state index >= 15 is 0 Å². The average molecular weight is 455 g/mol. The Morgan fingerprint density at radius 1 is 1.18 bits per heavy atom. The molecule has 3 amide bonds. The zero-order valence-electron chi connectivity index (χ0n) is 15.1. The third kappa shape index (κ3) is 4.57. The van der Waals surface area contributed by atoms with Crippen molar-refractivity contribution in [3.05, 3.63) is 28.5 Å². The van der Waals surface area contributed by atoms with Gasteiger partial charge in [0.1, 0.15) is 5.82 Å². The molecule has 7 nitrogen and oxygen atoms in total. The molecule has 3 rings (SSSR count). The molecule has 2 aliphatic rings. The number of carbonyl (C=O) groups excluding carboxylic acids is 4. The van der Waals surface area contributed by atoms with E-state index < -0.39 is 24.3 Å². The molecule has 1 heterocycles. The second-order valence-corrected chi connectivity index (χ2v) is 7.82. The maximum atomic E-state index is 13.7. The second-order valence-electron chi connectivity index (χ2n) is 6.91. The summed E-state index contributed by atoms with van der Waals surface area (Å²) in [5, 5.41) is 2.31. The van der Waals surface area contributed by atoms with Gasteiger partial charge in [-0.3, -0.25) is 24.1 Å². The van der Waals surface area contributed by atoms with Crippen LogP contribution in [0.4, 0.5) is 10.1 Å². The molecule has 1 saturated heterocycles. The standard InChI is InChI=1S/C19H20BrFN2O5/c20-11-5-6-15(14(21)9-11)22-16(24)10-28-17(25)7-8-23-18(26)12-3-1-2-4-13(12)19(23)27/h5-6,9,12-13H,1-4,7-8,10H2,(H,22,24)/t12-,13-/m1/s1. The molecular weight excluding hydrogens is 435 g/mol. The monoisotopic (exact) mass is 454 g/mol. The van der Waals surface area contributed by atoms with Crippen molar-refractivity contribution in [1.82, 2.24) is 4.90 Å². The van der Waals surface area contributed by atoms with Crippen LogP contribution in [0, 0.1) is 17.7 Å². The van der Waals surface area contributed by atoms with Crippen LogP contribution in [0.1, 0.15) is 32.1 Å². The molecule has 0 spiro atoms. The lowest BCUT2D eigenvalue weighted by Crippen LogP contribution is -2.33. The molecule has 0 bridgehead atoms. The number of hydrogen-bond acceptors (Lipinski definition) is 5. The first-order valence-corrected chi connectivity index (χ1v) is 9.92. The Hall–Kier alpha value is -2.29. The highest BCUT2D eigenvalue weighted by molar-refractivity contribution is 9.10. The lowest BCUT2D eigenvalue weighted by atomic mass is 9.81. The normalized spacial score (nSPS) is 21.4. The number of hydrogen-bond donors (Lipinski definition) is 1.